The molecule has 0 bridgehead atoms. The molecule has 0 saturated carbocycles. The summed E-state index contributed by atoms with van der Waals surface area (Å²) in [5, 5.41) is 1.97. The van der Waals surface area contributed by atoms with E-state index >= 15 is 0 Å². The topological polar surface area (TPSA) is 34.9 Å². The second-order valence-corrected chi connectivity index (χ2v) is 6.40. The largest absolute Gasteiger partial charge is 0.334 e. The number of thiophene rings is 1. The van der Waals surface area contributed by atoms with Crippen LogP contribution in [-0.4, -0.2) is 15.3 Å². The lowest BCUT2D eigenvalue weighted by molar-refractivity contribution is 0.0983. The molecular weight excluding hydrogens is 280 g/mol. The standard InChI is InChI=1S/C17H24N2OS/c1-2-7-15(19-12-11-18-14-19)8-4-3-5-9-16(20)17-10-6-13-21-17/h6,10-15H,2-5,7-9H2,1H3. The van der Waals surface area contributed by atoms with Crippen molar-refractivity contribution in [2.75, 3.05) is 0 Å². The SMILES string of the molecule is CCCC(CCCCCC(=O)c1cccs1)n1ccnc1. The molecule has 0 spiro atoms. The Morgan fingerprint density at radius 1 is 1.33 bits per heavy atom. The summed E-state index contributed by atoms with van der Waals surface area (Å²) in [6.07, 6.45) is 13.4. The predicted molar refractivity (Wildman–Crippen MR) is 87.9 cm³/mol. The Bertz CT molecular complexity index is 505. The average molecular weight is 304 g/mol. The van der Waals surface area contributed by atoms with Gasteiger partial charge >= 0.3 is 0 Å². The number of hydrogen-bond donors (Lipinski definition) is 0. The van der Waals surface area contributed by atoms with Gasteiger partial charge in [0.25, 0.3) is 0 Å². The van der Waals surface area contributed by atoms with Crippen LogP contribution in [0.2, 0.25) is 0 Å². The van der Waals surface area contributed by atoms with Crippen molar-refractivity contribution in [3.63, 3.8) is 0 Å². The molecule has 21 heavy (non-hydrogen) atoms. The second kappa shape index (κ2) is 8.78. The number of unbranched alkanes of at least 4 members (excludes halogenated alkanes) is 2. The first kappa shape index (κ1) is 16.0. The molecule has 114 valence electrons. The molecule has 2 rings (SSSR count). The summed E-state index contributed by atoms with van der Waals surface area (Å²) in [6.45, 7) is 2.23. The molecule has 0 aliphatic rings. The van der Waals surface area contributed by atoms with Gasteiger partial charge in [0.1, 0.15) is 0 Å². The van der Waals surface area contributed by atoms with Crippen LogP contribution in [-0.2, 0) is 0 Å². The molecule has 0 radical (unpaired) electrons. The van der Waals surface area contributed by atoms with Crippen LogP contribution in [0.5, 0.6) is 0 Å². The third-order valence-corrected chi connectivity index (χ3v) is 4.72. The molecule has 0 aromatic carbocycles. The van der Waals surface area contributed by atoms with E-state index in [0.717, 1.165) is 17.7 Å². The quantitative estimate of drug-likeness (QED) is 0.451. The number of hydrogen-bond acceptors (Lipinski definition) is 3. The highest BCUT2D eigenvalue weighted by atomic mass is 32.1. The van der Waals surface area contributed by atoms with Crippen LogP contribution < -0.4 is 0 Å². The van der Waals surface area contributed by atoms with Gasteiger partial charge in [0.2, 0.25) is 0 Å². The van der Waals surface area contributed by atoms with E-state index < -0.39 is 0 Å². The number of rotatable bonds is 10. The van der Waals surface area contributed by atoms with Crippen LogP contribution in [0.4, 0.5) is 0 Å². The van der Waals surface area contributed by atoms with Crippen molar-refractivity contribution >= 4 is 17.1 Å². The first-order valence-electron chi connectivity index (χ1n) is 7.85. The van der Waals surface area contributed by atoms with Gasteiger partial charge in [-0.3, -0.25) is 4.79 Å². The van der Waals surface area contributed by atoms with Crippen LogP contribution in [0, 0.1) is 0 Å². The monoisotopic (exact) mass is 304 g/mol. The maximum atomic E-state index is 11.9. The summed E-state index contributed by atoms with van der Waals surface area (Å²) in [5.41, 5.74) is 0. The maximum absolute atomic E-state index is 11.9. The van der Waals surface area contributed by atoms with E-state index in [4.69, 9.17) is 0 Å². The van der Waals surface area contributed by atoms with Gasteiger partial charge in [-0.1, -0.05) is 32.3 Å². The van der Waals surface area contributed by atoms with E-state index in [1.54, 1.807) is 11.3 Å². The van der Waals surface area contributed by atoms with Gasteiger partial charge in [0.15, 0.2) is 5.78 Å². The molecule has 2 aromatic rings. The van der Waals surface area contributed by atoms with E-state index in [2.05, 4.69) is 22.7 Å². The Morgan fingerprint density at radius 2 is 2.24 bits per heavy atom. The van der Waals surface area contributed by atoms with Crippen molar-refractivity contribution in [2.45, 2.75) is 57.9 Å². The third kappa shape index (κ3) is 5.12. The molecule has 0 fully saturated rings. The normalized spacial score (nSPS) is 12.4. The second-order valence-electron chi connectivity index (χ2n) is 5.45. The highest BCUT2D eigenvalue weighted by molar-refractivity contribution is 7.12. The summed E-state index contributed by atoms with van der Waals surface area (Å²) in [7, 11) is 0. The number of carbonyl (C=O) groups is 1. The first-order chi connectivity index (χ1) is 10.3. The fourth-order valence-electron chi connectivity index (χ4n) is 2.66. The molecule has 4 heteroatoms. The van der Waals surface area contributed by atoms with Crippen molar-refractivity contribution in [3.05, 3.63) is 41.1 Å². The zero-order valence-electron chi connectivity index (χ0n) is 12.7. The molecule has 2 aromatic heterocycles. The Labute approximate surface area is 131 Å². The van der Waals surface area contributed by atoms with Gasteiger partial charge < -0.3 is 4.57 Å². The van der Waals surface area contributed by atoms with Gasteiger partial charge in [0.05, 0.1) is 11.2 Å². The fraction of sp³-hybridized carbons (Fsp3) is 0.529. The predicted octanol–water partition coefficient (Wildman–Crippen LogP) is 5.12. The van der Waals surface area contributed by atoms with Gasteiger partial charge in [-0.25, -0.2) is 4.98 Å². The molecule has 0 saturated heterocycles. The number of aromatic nitrogens is 2. The zero-order valence-corrected chi connectivity index (χ0v) is 13.5. The Kier molecular flexibility index (Phi) is 6.67. The van der Waals surface area contributed by atoms with Gasteiger partial charge in [-0.05, 0) is 30.7 Å². The molecule has 0 N–H and O–H groups in total. The van der Waals surface area contributed by atoms with Crippen molar-refractivity contribution in [3.8, 4) is 0 Å². The highest BCUT2D eigenvalue weighted by Crippen LogP contribution is 2.21. The average Bonchev–Trinajstić information content (AvgIpc) is 3.18. The summed E-state index contributed by atoms with van der Waals surface area (Å²) in [5.74, 6) is 0.296. The number of imidazole rings is 1. The van der Waals surface area contributed by atoms with Gasteiger partial charge in [-0.2, -0.15) is 0 Å². The Hall–Kier alpha value is -1.42. The van der Waals surface area contributed by atoms with Crippen LogP contribution in [0.1, 0.15) is 67.6 Å². The number of nitrogens with zero attached hydrogens (tertiary/aromatic N) is 2. The van der Waals surface area contributed by atoms with Gasteiger partial charge in [0, 0.05) is 24.9 Å². The van der Waals surface area contributed by atoms with Crippen molar-refractivity contribution in [2.24, 2.45) is 0 Å². The fourth-order valence-corrected chi connectivity index (χ4v) is 3.36. The lowest BCUT2D eigenvalue weighted by atomic mass is 10.0. The lowest BCUT2D eigenvalue weighted by Crippen LogP contribution is -2.07. The molecule has 0 amide bonds. The van der Waals surface area contributed by atoms with Crippen LogP contribution in [0.3, 0.4) is 0 Å². The summed E-state index contributed by atoms with van der Waals surface area (Å²) >= 11 is 1.54. The van der Waals surface area contributed by atoms with E-state index in [9.17, 15) is 4.79 Å². The third-order valence-electron chi connectivity index (χ3n) is 3.81. The summed E-state index contributed by atoms with van der Waals surface area (Å²) < 4.78 is 2.22. The minimum atomic E-state index is 0.296. The maximum Gasteiger partial charge on any atom is 0.172 e. The Morgan fingerprint density at radius 3 is 2.90 bits per heavy atom. The zero-order chi connectivity index (χ0) is 14.9. The van der Waals surface area contributed by atoms with Crippen molar-refractivity contribution in [1.29, 1.82) is 0 Å². The van der Waals surface area contributed by atoms with Crippen molar-refractivity contribution < 1.29 is 4.79 Å². The Balaban J connectivity index is 1.65. The van der Waals surface area contributed by atoms with Crippen molar-refractivity contribution in [1.82, 2.24) is 9.55 Å². The van der Waals surface area contributed by atoms with E-state index in [0.29, 0.717) is 18.2 Å². The highest BCUT2D eigenvalue weighted by Gasteiger charge is 2.10. The molecule has 3 nitrogen and oxygen atoms in total. The molecule has 0 aliphatic carbocycles. The van der Waals surface area contributed by atoms with E-state index in [1.165, 1.54) is 25.7 Å². The molecule has 0 aliphatic heterocycles. The smallest absolute Gasteiger partial charge is 0.172 e. The van der Waals surface area contributed by atoms with E-state index in [-0.39, 0.29) is 0 Å². The van der Waals surface area contributed by atoms with Crippen LogP contribution >= 0.6 is 11.3 Å². The molecule has 1 atom stereocenters. The number of carbonyl (C=O) groups excluding carboxylic acids is 1. The van der Waals surface area contributed by atoms with Crippen LogP contribution in [0.25, 0.3) is 0 Å². The first-order valence-corrected chi connectivity index (χ1v) is 8.73. The summed E-state index contributed by atoms with van der Waals surface area (Å²) in [6, 6.07) is 4.42. The lowest BCUT2D eigenvalue weighted by Gasteiger charge is -2.17. The van der Waals surface area contributed by atoms with Gasteiger partial charge in [-0.15, -0.1) is 11.3 Å². The van der Waals surface area contributed by atoms with E-state index in [1.807, 2.05) is 30.0 Å². The van der Waals surface area contributed by atoms with Crippen LogP contribution in [0.15, 0.2) is 36.2 Å². The molecule has 2 heterocycles. The number of ketones is 1. The molecular formula is C17H24N2OS. The number of Topliss-reactive ketones (excluding diaryl/α,β-unsaturated/α-hetero) is 1. The summed E-state index contributed by atoms with van der Waals surface area (Å²) in [4.78, 5) is 16.9. The minimum Gasteiger partial charge on any atom is -0.334 e. The minimum absolute atomic E-state index is 0.296. The molecule has 1 unspecified atom stereocenters.